The van der Waals surface area contributed by atoms with Gasteiger partial charge in [0.15, 0.2) is 0 Å². The van der Waals surface area contributed by atoms with E-state index in [1.54, 1.807) is 61.5 Å². The second kappa shape index (κ2) is 12.7. The number of rotatable bonds is 10. The van der Waals surface area contributed by atoms with Crippen molar-refractivity contribution < 1.29 is 18.0 Å². The summed E-state index contributed by atoms with van der Waals surface area (Å²) in [5.41, 5.74) is 1.66. The van der Waals surface area contributed by atoms with Crippen LogP contribution in [-0.2, 0) is 26.2 Å². The molecule has 1 atom stereocenters. The number of hydrogen-bond donors (Lipinski definition) is 1. The first-order valence-electron chi connectivity index (χ1n) is 12.1. The van der Waals surface area contributed by atoms with Gasteiger partial charge in [-0.1, -0.05) is 71.2 Å². The molecule has 0 fully saturated rings. The third-order valence-corrected chi connectivity index (χ3v) is 8.37. The van der Waals surface area contributed by atoms with Crippen LogP contribution in [0.5, 0.6) is 0 Å². The number of benzene rings is 3. The monoisotopic (exact) mass is 575 g/mol. The van der Waals surface area contributed by atoms with Crippen molar-refractivity contribution in [1.82, 2.24) is 10.2 Å². The van der Waals surface area contributed by atoms with Crippen LogP contribution in [-0.4, -0.2) is 43.8 Å². The summed E-state index contributed by atoms with van der Waals surface area (Å²) in [5.74, 6) is -0.960. The molecule has 0 spiro atoms. The van der Waals surface area contributed by atoms with Crippen molar-refractivity contribution in [1.29, 1.82) is 0 Å². The molecule has 0 heterocycles. The van der Waals surface area contributed by atoms with Crippen LogP contribution in [0, 0.1) is 6.92 Å². The standard InChI is InChI=1S/C28H31Cl2N3O4S/c1-19(2)31-28(35)21(4)32(17-22-9-5-6-10-24(22)29)27(34)18-33(26-12-8-7-11-25(26)30)38(36,37)23-15-13-20(3)14-16-23/h5-16,19,21H,17-18H2,1-4H3,(H,31,35)/t21-/m0/s1. The minimum atomic E-state index is -4.19. The van der Waals surface area contributed by atoms with Gasteiger partial charge in [-0.2, -0.15) is 0 Å². The third kappa shape index (κ3) is 7.07. The maximum absolute atomic E-state index is 13.9. The second-order valence-corrected chi connectivity index (χ2v) is 11.9. The van der Waals surface area contributed by atoms with Crippen LogP contribution in [0.25, 0.3) is 0 Å². The van der Waals surface area contributed by atoms with Crippen LogP contribution >= 0.6 is 23.2 Å². The van der Waals surface area contributed by atoms with Gasteiger partial charge in [0.2, 0.25) is 11.8 Å². The Morgan fingerprint density at radius 1 is 0.868 bits per heavy atom. The molecule has 0 aliphatic carbocycles. The van der Waals surface area contributed by atoms with Crippen molar-refractivity contribution in [3.05, 3.63) is 94.0 Å². The van der Waals surface area contributed by atoms with Gasteiger partial charge in [0.05, 0.1) is 15.6 Å². The molecule has 0 aliphatic rings. The third-order valence-electron chi connectivity index (χ3n) is 5.91. The van der Waals surface area contributed by atoms with Gasteiger partial charge < -0.3 is 10.2 Å². The van der Waals surface area contributed by atoms with Crippen LogP contribution < -0.4 is 9.62 Å². The van der Waals surface area contributed by atoms with Crippen molar-refractivity contribution in [3.8, 4) is 0 Å². The molecular formula is C28H31Cl2N3O4S. The first kappa shape index (κ1) is 29.5. The number of sulfonamides is 1. The van der Waals surface area contributed by atoms with E-state index in [4.69, 9.17) is 23.2 Å². The van der Waals surface area contributed by atoms with Gasteiger partial charge in [0, 0.05) is 17.6 Å². The van der Waals surface area contributed by atoms with E-state index in [-0.39, 0.29) is 34.1 Å². The number of halogens is 2. The molecule has 3 aromatic rings. The van der Waals surface area contributed by atoms with Crippen molar-refractivity contribution in [2.75, 3.05) is 10.8 Å². The highest BCUT2D eigenvalue weighted by atomic mass is 35.5. The maximum atomic E-state index is 13.9. The molecule has 0 bridgehead atoms. The lowest BCUT2D eigenvalue weighted by molar-refractivity contribution is -0.139. The predicted molar refractivity (Wildman–Crippen MR) is 152 cm³/mol. The fourth-order valence-electron chi connectivity index (χ4n) is 3.80. The molecule has 3 aromatic carbocycles. The van der Waals surface area contributed by atoms with E-state index in [1.165, 1.54) is 23.1 Å². The molecule has 0 radical (unpaired) electrons. The molecule has 0 saturated heterocycles. The number of carbonyl (C=O) groups excluding carboxylic acids is 2. The summed E-state index contributed by atoms with van der Waals surface area (Å²) < 4.78 is 28.6. The van der Waals surface area contributed by atoms with Gasteiger partial charge in [-0.25, -0.2) is 8.42 Å². The zero-order chi connectivity index (χ0) is 28.0. The Morgan fingerprint density at radius 3 is 2.03 bits per heavy atom. The Kier molecular flexibility index (Phi) is 9.82. The van der Waals surface area contributed by atoms with Gasteiger partial charge in [0.25, 0.3) is 10.0 Å². The summed E-state index contributed by atoms with van der Waals surface area (Å²) in [6.45, 7) is 6.51. The normalized spacial score (nSPS) is 12.2. The molecule has 10 heteroatoms. The highest BCUT2D eigenvalue weighted by molar-refractivity contribution is 7.92. The number of nitrogens with zero attached hydrogens (tertiary/aromatic N) is 2. The predicted octanol–water partition coefficient (Wildman–Crippen LogP) is 5.44. The fraction of sp³-hybridized carbons (Fsp3) is 0.286. The topological polar surface area (TPSA) is 86.8 Å². The van der Waals surface area contributed by atoms with E-state index in [2.05, 4.69) is 5.32 Å². The summed E-state index contributed by atoms with van der Waals surface area (Å²) in [7, 11) is -4.19. The fourth-order valence-corrected chi connectivity index (χ4v) is 5.72. The number of amides is 2. The van der Waals surface area contributed by atoms with Crippen molar-refractivity contribution >= 4 is 50.7 Å². The Morgan fingerprint density at radius 2 is 1.45 bits per heavy atom. The van der Waals surface area contributed by atoms with Crippen LogP contribution in [0.3, 0.4) is 0 Å². The average molecular weight is 577 g/mol. The molecule has 7 nitrogen and oxygen atoms in total. The zero-order valence-corrected chi connectivity index (χ0v) is 24.0. The summed E-state index contributed by atoms with van der Waals surface area (Å²) in [6, 6.07) is 18.7. The number of aryl methyl sites for hydroxylation is 1. The SMILES string of the molecule is Cc1ccc(S(=O)(=O)N(CC(=O)N(Cc2ccccc2Cl)[C@@H](C)C(=O)NC(C)C)c2ccccc2Cl)cc1. The van der Waals surface area contributed by atoms with E-state index in [1.807, 2.05) is 20.8 Å². The lowest BCUT2D eigenvalue weighted by Gasteiger charge is -2.32. The van der Waals surface area contributed by atoms with Crippen molar-refractivity contribution in [3.63, 3.8) is 0 Å². The minimum absolute atomic E-state index is 0.00608. The number of nitrogens with one attached hydrogen (secondary N) is 1. The molecule has 38 heavy (non-hydrogen) atoms. The van der Waals surface area contributed by atoms with E-state index in [9.17, 15) is 18.0 Å². The summed E-state index contributed by atoms with van der Waals surface area (Å²) in [4.78, 5) is 28.2. The molecule has 0 unspecified atom stereocenters. The van der Waals surface area contributed by atoms with E-state index in [0.29, 0.717) is 10.6 Å². The smallest absolute Gasteiger partial charge is 0.264 e. The molecule has 202 valence electrons. The highest BCUT2D eigenvalue weighted by Gasteiger charge is 2.33. The van der Waals surface area contributed by atoms with Gasteiger partial charge in [0.1, 0.15) is 12.6 Å². The zero-order valence-electron chi connectivity index (χ0n) is 21.7. The number of anilines is 1. The molecule has 1 N–H and O–H groups in total. The molecule has 0 aliphatic heterocycles. The van der Waals surface area contributed by atoms with E-state index >= 15 is 0 Å². The molecular weight excluding hydrogens is 545 g/mol. The number of carbonyl (C=O) groups is 2. The summed E-state index contributed by atoms with van der Waals surface area (Å²) in [5, 5.41) is 3.41. The Hall–Kier alpha value is -3.07. The van der Waals surface area contributed by atoms with Gasteiger partial charge in [-0.05, 0) is 63.6 Å². The van der Waals surface area contributed by atoms with Crippen LogP contribution in [0.2, 0.25) is 10.0 Å². The van der Waals surface area contributed by atoms with Gasteiger partial charge in [-0.3, -0.25) is 13.9 Å². The largest absolute Gasteiger partial charge is 0.352 e. The molecule has 0 aromatic heterocycles. The second-order valence-electron chi connectivity index (χ2n) is 9.23. The minimum Gasteiger partial charge on any atom is -0.352 e. The quantitative estimate of drug-likeness (QED) is 0.348. The van der Waals surface area contributed by atoms with Crippen LogP contribution in [0.4, 0.5) is 5.69 Å². The van der Waals surface area contributed by atoms with Crippen molar-refractivity contribution in [2.24, 2.45) is 0 Å². The van der Waals surface area contributed by atoms with E-state index in [0.717, 1.165) is 9.87 Å². The Bertz CT molecular complexity index is 1400. The Balaban J connectivity index is 2.06. The Labute approximate surface area is 234 Å². The first-order valence-corrected chi connectivity index (χ1v) is 14.3. The van der Waals surface area contributed by atoms with Crippen molar-refractivity contribution in [2.45, 2.75) is 51.2 Å². The van der Waals surface area contributed by atoms with Crippen LogP contribution in [0.1, 0.15) is 31.9 Å². The van der Waals surface area contributed by atoms with Crippen LogP contribution in [0.15, 0.2) is 77.7 Å². The molecule has 3 rings (SSSR count). The number of hydrogen-bond acceptors (Lipinski definition) is 4. The number of para-hydroxylation sites is 1. The van der Waals surface area contributed by atoms with Gasteiger partial charge >= 0.3 is 0 Å². The maximum Gasteiger partial charge on any atom is 0.264 e. The van der Waals surface area contributed by atoms with Gasteiger partial charge in [-0.15, -0.1) is 0 Å². The first-order chi connectivity index (χ1) is 17.9. The lowest BCUT2D eigenvalue weighted by atomic mass is 10.1. The lowest BCUT2D eigenvalue weighted by Crippen LogP contribution is -2.52. The molecule has 0 saturated carbocycles. The molecule has 2 amide bonds. The average Bonchev–Trinajstić information content (AvgIpc) is 2.86. The highest BCUT2D eigenvalue weighted by Crippen LogP contribution is 2.31. The summed E-state index contributed by atoms with van der Waals surface area (Å²) >= 11 is 12.8. The van der Waals surface area contributed by atoms with E-state index < -0.39 is 28.5 Å². The summed E-state index contributed by atoms with van der Waals surface area (Å²) in [6.07, 6.45) is 0.